The molecule has 5 rings (SSSR count). The number of likely N-dealkylation sites (tertiary alicyclic amines) is 2. The molecule has 234 valence electrons. The van der Waals surface area contributed by atoms with Crippen molar-refractivity contribution < 1.29 is 18.0 Å². The number of nitrogens with zero attached hydrogens (tertiary/aromatic N) is 4. The summed E-state index contributed by atoms with van der Waals surface area (Å²) in [6, 6.07) is 5.92. The first-order chi connectivity index (χ1) is 20.5. The highest BCUT2D eigenvalue weighted by atomic mass is 32.2. The van der Waals surface area contributed by atoms with E-state index in [-0.39, 0.29) is 17.2 Å². The molecule has 2 saturated heterocycles. The molecule has 1 aromatic heterocycles. The van der Waals surface area contributed by atoms with Crippen LogP contribution in [0.25, 0.3) is 5.70 Å². The Balaban J connectivity index is 1.23. The molecule has 0 radical (unpaired) electrons. The quantitative estimate of drug-likeness (QED) is 0.408. The van der Waals surface area contributed by atoms with Crippen LogP contribution in [0.3, 0.4) is 0 Å². The predicted molar refractivity (Wildman–Crippen MR) is 170 cm³/mol. The number of amides is 1. The number of hydrogen-bond donors (Lipinski definition) is 1. The number of benzene rings is 1. The van der Waals surface area contributed by atoms with E-state index >= 15 is 0 Å². The van der Waals surface area contributed by atoms with E-state index in [4.69, 9.17) is 4.99 Å². The van der Waals surface area contributed by atoms with E-state index in [0.717, 1.165) is 60.2 Å². The molecule has 0 aliphatic carbocycles. The Morgan fingerprint density at radius 1 is 1.12 bits per heavy atom. The number of ketones is 1. The van der Waals surface area contributed by atoms with E-state index in [2.05, 4.69) is 35.1 Å². The first-order valence-corrected chi connectivity index (χ1v) is 18.0. The van der Waals surface area contributed by atoms with Crippen LogP contribution >= 0.6 is 11.3 Å². The maximum absolute atomic E-state index is 13.6. The summed E-state index contributed by atoms with van der Waals surface area (Å²) in [5.41, 5.74) is 2.10. The summed E-state index contributed by atoms with van der Waals surface area (Å²) in [6.07, 6.45) is 5.47. The molecule has 0 bridgehead atoms. The van der Waals surface area contributed by atoms with Gasteiger partial charge in [-0.25, -0.2) is 13.4 Å². The number of fused-ring (bicyclic) bond motifs is 1. The highest BCUT2D eigenvalue weighted by molar-refractivity contribution is 7.94. The van der Waals surface area contributed by atoms with E-state index < -0.39 is 15.1 Å². The topological polar surface area (TPSA) is 112 Å². The van der Waals surface area contributed by atoms with Crippen LogP contribution in [0.1, 0.15) is 86.8 Å². The standard InChI is InChI=1S/C32H45N5O4S2/c1-5-23(38)11-12-28-34-22(2)31(42-28)43(40,41)24-14-19-36(20-15-24)21-32(3,4)35-27-13-16-33-29-25(27)9-8-10-26(29)30(39)37-17-6-7-18-37/h8-10,24,35H,5-7,11-21H2,1-4H3. The third kappa shape index (κ3) is 7.20. The van der Waals surface area contributed by atoms with Gasteiger partial charge in [0.05, 0.1) is 26.9 Å². The van der Waals surface area contributed by atoms with Crippen molar-refractivity contribution in [1.82, 2.24) is 20.1 Å². The molecule has 2 fully saturated rings. The number of Topliss-reactive ketones (excluding diaryl/α,β-unsaturated/α-hetero) is 1. The number of rotatable bonds is 11. The molecule has 0 unspecified atom stereocenters. The Labute approximate surface area is 259 Å². The summed E-state index contributed by atoms with van der Waals surface area (Å²) in [4.78, 5) is 38.5. The zero-order valence-corrected chi connectivity index (χ0v) is 27.6. The minimum absolute atomic E-state index is 0.0766. The molecule has 11 heteroatoms. The first kappa shape index (κ1) is 31.8. The van der Waals surface area contributed by atoms with Gasteiger partial charge in [0, 0.05) is 68.3 Å². The van der Waals surface area contributed by atoms with Gasteiger partial charge >= 0.3 is 0 Å². The van der Waals surface area contributed by atoms with Crippen LogP contribution in [-0.4, -0.2) is 84.9 Å². The Morgan fingerprint density at radius 3 is 2.53 bits per heavy atom. The molecule has 0 saturated carbocycles. The molecule has 4 heterocycles. The maximum atomic E-state index is 13.6. The molecule has 3 aliphatic heterocycles. The van der Waals surface area contributed by atoms with Crippen molar-refractivity contribution in [3.8, 4) is 0 Å². The lowest BCUT2D eigenvalue weighted by molar-refractivity contribution is -0.118. The molecule has 43 heavy (non-hydrogen) atoms. The molecule has 0 atom stereocenters. The Kier molecular flexibility index (Phi) is 9.73. The number of thiazole rings is 1. The molecule has 9 nitrogen and oxygen atoms in total. The summed E-state index contributed by atoms with van der Waals surface area (Å²) < 4.78 is 27.5. The monoisotopic (exact) mass is 627 g/mol. The van der Waals surface area contributed by atoms with E-state index in [1.165, 1.54) is 11.3 Å². The summed E-state index contributed by atoms with van der Waals surface area (Å²) in [7, 11) is -3.47. The second-order valence-corrected chi connectivity index (χ2v) is 16.2. The van der Waals surface area contributed by atoms with Gasteiger partial charge in [-0.3, -0.25) is 14.6 Å². The number of sulfone groups is 1. The highest BCUT2D eigenvalue weighted by Gasteiger charge is 2.35. The van der Waals surface area contributed by atoms with Gasteiger partial charge in [-0.05, 0) is 65.6 Å². The summed E-state index contributed by atoms with van der Waals surface area (Å²) in [5, 5.41) is 5.89. The molecule has 3 aliphatic rings. The second-order valence-electron chi connectivity index (χ2n) is 12.7. The van der Waals surface area contributed by atoms with Crippen LogP contribution in [0, 0.1) is 6.92 Å². The van der Waals surface area contributed by atoms with Crippen LogP contribution < -0.4 is 15.9 Å². The van der Waals surface area contributed by atoms with Crippen LogP contribution in [0.2, 0.25) is 0 Å². The van der Waals surface area contributed by atoms with Crippen LogP contribution in [-0.2, 0) is 21.1 Å². The number of carbonyl (C=O) groups excluding carboxylic acids is 2. The molecular weight excluding hydrogens is 583 g/mol. The fraction of sp³-hybridized carbons (Fsp3) is 0.625. The lowest BCUT2D eigenvalue weighted by atomic mass is 9.99. The summed E-state index contributed by atoms with van der Waals surface area (Å²) >= 11 is 1.24. The minimum atomic E-state index is -3.47. The van der Waals surface area contributed by atoms with Gasteiger partial charge in [-0.1, -0.05) is 19.1 Å². The van der Waals surface area contributed by atoms with E-state index in [9.17, 15) is 18.0 Å². The average Bonchev–Trinajstić information content (AvgIpc) is 3.66. The smallest absolute Gasteiger partial charge is 0.256 e. The highest BCUT2D eigenvalue weighted by Crippen LogP contribution is 2.32. The van der Waals surface area contributed by atoms with Gasteiger partial charge in [0.25, 0.3) is 5.91 Å². The SMILES string of the molecule is CCC(=O)CCc1nc(C)c(S(=O)(=O)C2CCN(CC(C)(C)NC3=c4cccc(C(=O)N5CCCC5)c4=NCC3)CC2)s1. The third-order valence-electron chi connectivity index (χ3n) is 8.77. The molecule has 1 N–H and O–H groups in total. The molecule has 0 spiro atoms. The van der Waals surface area contributed by atoms with E-state index in [0.29, 0.717) is 67.2 Å². The third-order valence-corrected chi connectivity index (χ3v) is 12.9. The number of carbonyl (C=O) groups is 2. The van der Waals surface area contributed by atoms with Gasteiger partial charge in [0.15, 0.2) is 9.84 Å². The number of piperidine rings is 1. The summed E-state index contributed by atoms with van der Waals surface area (Å²) in [6.45, 7) is 12.4. The zero-order valence-electron chi connectivity index (χ0n) is 25.9. The Bertz CT molecular complexity index is 1580. The van der Waals surface area contributed by atoms with E-state index in [1.54, 1.807) is 6.92 Å². The van der Waals surface area contributed by atoms with Crippen molar-refractivity contribution >= 4 is 38.6 Å². The maximum Gasteiger partial charge on any atom is 0.256 e. The minimum Gasteiger partial charge on any atom is -0.382 e. The lowest BCUT2D eigenvalue weighted by Gasteiger charge is -2.38. The fourth-order valence-electron chi connectivity index (χ4n) is 6.53. The van der Waals surface area contributed by atoms with Crippen LogP contribution in [0.15, 0.2) is 27.4 Å². The number of nitrogens with one attached hydrogen (secondary N) is 1. The number of aromatic nitrogens is 1. The van der Waals surface area contributed by atoms with E-state index in [1.807, 2.05) is 24.0 Å². The number of aryl methyl sites for hydroxylation is 2. The molecule has 2 aromatic rings. The average molecular weight is 628 g/mol. The van der Waals surface area contributed by atoms with Gasteiger partial charge in [0.1, 0.15) is 9.99 Å². The number of hydrogen-bond acceptors (Lipinski definition) is 9. The van der Waals surface area contributed by atoms with Gasteiger partial charge in [0.2, 0.25) is 0 Å². The number of para-hydroxylation sites is 1. The largest absolute Gasteiger partial charge is 0.382 e. The molecule has 1 aromatic carbocycles. The van der Waals surface area contributed by atoms with Gasteiger partial charge in [-0.2, -0.15) is 0 Å². The Hall–Kier alpha value is -2.63. The van der Waals surface area contributed by atoms with Crippen LogP contribution in [0.5, 0.6) is 0 Å². The van der Waals surface area contributed by atoms with Gasteiger partial charge < -0.3 is 15.1 Å². The van der Waals surface area contributed by atoms with Crippen LogP contribution in [0.4, 0.5) is 0 Å². The molecule has 1 amide bonds. The van der Waals surface area contributed by atoms with Crippen molar-refractivity contribution in [2.24, 2.45) is 4.99 Å². The normalized spacial score (nSPS) is 18.4. The van der Waals surface area contributed by atoms with Crippen molar-refractivity contribution in [1.29, 1.82) is 0 Å². The summed E-state index contributed by atoms with van der Waals surface area (Å²) in [5.74, 6) is 0.244. The van der Waals surface area contributed by atoms with Crippen molar-refractivity contribution in [2.75, 3.05) is 39.3 Å². The Morgan fingerprint density at radius 2 is 1.84 bits per heavy atom. The second kappa shape index (κ2) is 13.2. The lowest BCUT2D eigenvalue weighted by Crippen LogP contribution is -2.53. The first-order valence-electron chi connectivity index (χ1n) is 15.7. The van der Waals surface area contributed by atoms with Crippen molar-refractivity contribution in [3.63, 3.8) is 0 Å². The van der Waals surface area contributed by atoms with Gasteiger partial charge in [-0.15, -0.1) is 11.3 Å². The fourth-order valence-corrected chi connectivity index (χ4v) is 10.1. The molecular formula is C32H45N5O4S2. The van der Waals surface area contributed by atoms with Crippen molar-refractivity contribution in [3.05, 3.63) is 45.0 Å². The predicted octanol–water partition coefficient (Wildman–Crippen LogP) is 3.04. The van der Waals surface area contributed by atoms with Crippen molar-refractivity contribution in [2.45, 2.75) is 94.1 Å². The zero-order chi connectivity index (χ0) is 30.8.